The number of phenols is 1. The Morgan fingerprint density at radius 1 is 0.944 bits per heavy atom. The largest absolute Gasteiger partial charge is 0.503 e. The van der Waals surface area contributed by atoms with Gasteiger partial charge in [0.1, 0.15) is 5.75 Å². The molecule has 0 aliphatic carbocycles. The smallest absolute Gasteiger partial charge is 0.173 e. The first-order chi connectivity index (χ1) is 8.49. The molecule has 2 aromatic rings. The minimum absolute atomic E-state index is 0.0193. The molecule has 0 atom stereocenters. The summed E-state index contributed by atoms with van der Waals surface area (Å²) in [4.78, 5) is 0. The molecule has 0 fully saturated rings. The standard InChI is InChI=1S/C12H6Cl3IO2/c13-6-1-3-9(8(15)5-6)18-10-4-2-7(14)11(16)12(10)17/h1-5,17H. The van der Waals surface area contributed by atoms with Crippen LogP contribution in [0.25, 0.3) is 0 Å². The number of rotatable bonds is 2. The molecule has 2 nitrogen and oxygen atoms in total. The Bertz CT molecular complexity index is 602. The van der Waals surface area contributed by atoms with Gasteiger partial charge in [-0.25, -0.2) is 0 Å². The van der Waals surface area contributed by atoms with E-state index in [9.17, 15) is 5.11 Å². The van der Waals surface area contributed by atoms with Gasteiger partial charge >= 0.3 is 0 Å². The molecule has 0 amide bonds. The highest BCUT2D eigenvalue weighted by Gasteiger charge is 2.12. The molecule has 18 heavy (non-hydrogen) atoms. The molecule has 2 rings (SSSR count). The number of hydrogen-bond donors (Lipinski definition) is 1. The average Bonchev–Trinajstić information content (AvgIpc) is 2.33. The second kappa shape index (κ2) is 5.74. The van der Waals surface area contributed by atoms with E-state index in [0.29, 0.717) is 24.4 Å². The normalized spacial score (nSPS) is 10.4. The van der Waals surface area contributed by atoms with Gasteiger partial charge in [-0.3, -0.25) is 0 Å². The minimum atomic E-state index is -0.0193. The van der Waals surface area contributed by atoms with Crippen molar-refractivity contribution in [2.45, 2.75) is 0 Å². The molecule has 94 valence electrons. The van der Waals surface area contributed by atoms with Crippen molar-refractivity contribution in [2.75, 3.05) is 0 Å². The molecule has 0 saturated carbocycles. The molecule has 1 N–H and O–H groups in total. The lowest BCUT2D eigenvalue weighted by atomic mass is 10.3. The number of phenolic OH excluding ortho intramolecular Hbond substituents is 1. The molecule has 0 aromatic heterocycles. The zero-order valence-corrected chi connectivity index (χ0v) is 13.2. The first-order valence-corrected chi connectivity index (χ1v) is 7.00. The lowest BCUT2D eigenvalue weighted by Gasteiger charge is -2.10. The van der Waals surface area contributed by atoms with Crippen LogP contribution in [0.3, 0.4) is 0 Å². The molecule has 6 heteroatoms. The number of ether oxygens (including phenoxy) is 1. The average molecular weight is 415 g/mol. The highest BCUT2D eigenvalue weighted by Crippen LogP contribution is 2.40. The Morgan fingerprint density at radius 3 is 2.28 bits per heavy atom. The summed E-state index contributed by atoms with van der Waals surface area (Å²) in [7, 11) is 0. The molecular weight excluding hydrogens is 409 g/mol. The molecule has 0 heterocycles. The fraction of sp³-hybridized carbons (Fsp3) is 0. The van der Waals surface area contributed by atoms with Gasteiger partial charge in [0.05, 0.1) is 13.6 Å². The van der Waals surface area contributed by atoms with Gasteiger partial charge < -0.3 is 9.84 Å². The van der Waals surface area contributed by atoms with Crippen LogP contribution < -0.4 is 4.74 Å². The Labute approximate surface area is 133 Å². The van der Waals surface area contributed by atoms with Crippen LogP contribution in [0.1, 0.15) is 0 Å². The lowest BCUT2D eigenvalue weighted by Crippen LogP contribution is -1.88. The third-order valence-electron chi connectivity index (χ3n) is 2.15. The van der Waals surface area contributed by atoms with Gasteiger partial charge in [-0.1, -0.05) is 34.8 Å². The second-order valence-corrected chi connectivity index (χ2v) is 5.71. The summed E-state index contributed by atoms with van der Waals surface area (Å²) < 4.78 is 6.05. The fourth-order valence-electron chi connectivity index (χ4n) is 1.28. The summed E-state index contributed by atoms with van der Waals surface area (Å²) >= 11 is 19.6. The molecule has 0 unspecified atom stereocenters. The van der Waals surface area contributed by atoms with Crippen LogP contribution in [0.2, 0.25) is 15.1 Å². The highest BCUT2D eigenvalue weighted by atomic mass is 127. The number of benzene rings is 2. The first-order valence-electron chi connectivity index (χ1n) is 4.79. The van der Waals surface area contributed by atoms with Crippen molar-refractivity contribution in [1.82, 2.24) is 0 Å². The predicted molar refractivity (Wildman–Crippen MR) is 82.4 cm³/mol. The third-order valence-corrected chi connectivity index (χ3v) is 4.40. The van der Waals surface area contributed by atoms with Crippen molar-refractivity contribution in [3.05, 3.63) is 49.0 Å². The highest BCUT2D eigenvalue weighted by molar-refractivity contribution is 14.1. The topological polar surface area (TPSA) is 29.5 Å². The summed E-state index contributed by atoms with van der Waals surface area (Å²) in [5, 5.41) is 11.2. The zero-order valence-electron chi connectivity index (χ0n) is 8.75. The monoisotopic (exact) mass is 414 g/mol. The number of hydrogen-bond acceptors (Lipinski definition) is 2. The van der Waals surface area contributed by atoms with Crippen LogP contribution >= 0.6 is 57.4 Å². The Kier molecular flexibility index (Phi) is 4.48. The summed E-state index contributed by atoms with van der Waals surface area (Å²) in [5.41, 5.74) is 0. The van der Waals surface area contributed by atoms with E-state index in [2.05, 4.69) is 0 Å². The SMILES string of the molecule is Oc1c(Oc2ccc(Cl)cc2Cl)ccc(Cl)c1I. The van der Waals surface area contributed by atoms with Crippen LogP contribution in [-0.2, 0) is 0 Å². The molecule has 0 spiro atoms. The van der Waals surface area contributed by atoms with Crippen molar-refractivity contribution < 1.29 is 9.84 Å². The van der Waals surface area contributed by atoms with Crippen molar-refractivity contribution in [3.63, 3.8) is 0 Å². The van der Waals surface area contributed by atoms with Crippen LogP contribution in [0.5, 0.6) is 17.2 Å². The third kappa shape index (κ3) is 2.96. The lowest BCUT2D eigenvalue weighted by molar-refractivity contribution is 0.409. The van der Waals surface area contributed by atoms with Crippen molar-refractivity contribution in [2.24, 2.45) is 0 Å². The maximum absolute atomic E-state index is 9.90. The van der Waals surface area contributed by atoms with Crippen LogP contribution in [0.4, 0.5) is 0 Å². The molecule has 0 aliphatic rings. The minimum Gasteiger partial charge on any atom is -0.503 e. The van der Waals surface area contributed by atoms with Gasteiger partial charge in [-0.15, -0.1) is 0 Å². The van der Waals surface area contributed by atoms with Gasteiger partial charge in [0, 0.05) is 5.02 Å². The Morgan fingerprint density at radius 2 is 1.61 bits per heavy atom. The predicted octanol–water partition coefficient (Wildman–Crippen LogP) is 5.75. The zero-order chi connectivity index (χ0) is 13.3. The van der Waals surface area contributed by atoms with Gasteiger partial charge in [-0.2, -0.15) is 0 Å². The van der Waals surface area contributed by atoms with E-state index < -0.39 is 0 Å². The van der Waals surface area contributed by atoms with E-state index in [4.69, 9.17) is 39.5 Å². The van der Waals surface area contributed by atoms with Crippen molar-refractivity contribution in [3.8, 4) is 17.2 Å². The van der Waals surface area contributed by atoms with Gasteiger partial charge in [-0.05, 0) is 52.9 Å². The second-order valence-electron chi connectivity index (χ2n) is 3.38. The van der Waals surface area contributed by atoms with E-state index >= 15 is 0 Å². The summed E-state index contributed by atoms with van der Waals surface area (Å²) in [6, 6.07) is 8.07. The first kappa shape index (κ1) is 14.1. The van der Waals surface area contributed by atoms with E-state index in [-0.39, 0.29) is 11.5 Å². The summed E-state index contributed by atoms with van der Waals surface area (Å²) in [6.45, 7) is 0. The summed E-state index contributed by atoms with van der Waals surface area (Å²) in [6.07, 6.45) is 0. The van der Waals surface area contributed by atoms with Gasteiger partial charge in [0.15, 0.2) is 11.5 Å². The molecule has 0 aliphatic heterocycles. The quantitative estimate of drug-likeness (QED) is 0.633. The number of halogens is 4. The Hall–Kier alpha value is -0.360. The molecule has 0 bridgehead atoms. The molecular formula is C12H6Cl3IO2. The maximum atomic E-state index is 9.90. The van der Waals surface area contributed by atoms with Crippen molar-refractivity contribution >= 4 is 57.4 Å². The van der Waals surface area contributed by atoms with Crippen LogP contribution in [-0.4, -0.2) is 5.11 Å². The van der Waals surface area contributed by atoms with Crippen LogP contribution in [0.15, 0.2) is 30.3 Å². The van der Waals surface area contributed by atoms with E-state index in [1.54, 1.807) is 30.3 Å². The molecule has 0 saturated heterocycles. The van der Waals surface area contributed by atoms with Gasteiger partial charge in [0.2, 0.25) is 0 Å². The van der Waals surface area contributed by atoms with Gasteiger partial charge in [0.25, 0.3) is 0 Å². The molecule has 0 radical (unpaired) electrons. The van der Waals surface area contributed by atoms with Crippen LogP contribution in [0, 0.1) is 3.57 Å². The van der Waals surface area contributed by atoms with E-state index in [0.717, 1.165) is 0 Å². The van der Waals surface area contributed by atoms with E-state index in [1.165, 1.54) is 0 Å². The van der Waals surface area contributed by atoms with Crippen molar-refractivity contribution in [1.29, 1.82) is 0 Å². The fourth-order valence-corrected chi connectivity index (χ4v) is 2.33. The molecule has 2 aromatic carbocycles. The summed E-state index contributed by atoms with van der Waals surface area (Å²) in [5.74, 6) is 0.677. The maximum Gasteiger partial charge on any atom is 0.173 e. The van der Waals surface area contributed by atoms with E-state index in [1.807, 2.05) is 22.6 Å². The number of aromatic hydroxyl groups is 1. The Balaban J connectivity index is 2.37.